The Morgan fingerprint density at radius 3 is 2.23 bits per heavy atom. The number of aromatic nitrogens is 2. The number of nitrogens with zero attached hydrogens (tertiary/aromatic N) is 5. The summed E-state index contributed by atoms with van der Waals surface area (Å²) in [5.74, 6) is -0.732. The second kappa shape index (κ2) is 14.4. The van der Waals surface area contributed by atoms with Gasteiger partial charge in [-0.05, 0) is 56.6 Å². The molecule has 2 aliphatic heterocycles. The number of rotatable bonds is 11. The highest BCUT2D eigenvalue weighted by Gasteiger charge is 2.37. The Labute approximate surface area is 273 Å². The van der Waals surface area contributed by atoms with E-state index >= 15 is 0 Å². The zero-order valence-electron chi connectivity index (χ0n) is 26.5. The summed E-state index contributed by atoms with van der Waals surface area (Å²) in [5.41, 5.74) is 0.642. The molecule has 0 radical (unpaired) electrons. The van der Waals surface area contributed by atoms with Gasteiger partial charge in [0.15, 0.2) is 12.3 Å². The molecule has 1 aromatic heterocycles. The molecule has 47 heavy (non-hydrogen) atoms. The van der Waals surface area contributed by atoms with E-state index in [-0.39, 0.29) is 68.1 Å². The number of likely N-dealkylation sites (tertiary alicyclic amines) is 1. The van der Waals surface area contributed by atoms with Crippen molar-refractivity contribution in [1.29, 1.82) is 0 Å². The first-order chi connectivity index (χ1) is 22.8. The maximum atomic E-state index is 13.6. The highest BCUT2D eigenvalue weighted by molar-refractivity contribution is 5.96. The molecule has 2 saturated heterocycles. The monoisotopic (exact) mass is 649 g/mol. The molecule has 252 valence electrons. The van der Waals surface area contributed by atoms with Crippen LogP contribution >= 0.6 is 0 Å². The van der Waals surface area contributed by atoms with Crippen LogP contribution in [0.1, 0.15) is 68.3 Å². The molecule has 5 amide bonds. The largest absolute Gasteiger partial charge is 0.467 e. The number of hydrogen-bond acceptors (Lipinski definition) is 7. The van der Waals surface area contributed by atoms with Crippen molar-refractivity contribution in [3.63, 3.8) is 0 Å². The predicted octanol–water partition coefficient (Wildman–Crippen LogP) is 2.02. The van der Waals surface area contributed by atoms with Crippen LogP contribution < -0.4 is 15.4 Å². The van der Waals surface area contributed by atoms with Crippen LogP contribution in [0.4, 0.5) is 4.79 Å². The van der Waals surface area contributed by atoms with Crippen molar-refractivity contribution < 1.29 is 33.8 Å². The number of carboxylic acid groups (broad SMARTS) is 1. The molecular formula is C33H43N7O7. The number of benzene rings is 1. The van der Waals surface area contributed by atoms with E-state index in [2.05, 4.69) is 15.7 Å². The van der Waals surface area contributed by atoms with E-state index in [9.17, 15) is 29.1 Å². The fourth-order valence-electron chi connectivity index (χ4n) is 6.59. The van der Waals surface area contributed by atoms with Crippen LogP contribution in [0.3, 0.4) is 0 Å². The Kier molecular flexibility index (Phi) is 9.92. The van der Waals surface area contributed by atoms with Crippen molar-refractivity contribution in [2.75, 3.05) is 39.3 Å². The molecule has 2 saturated carbocycles. The average molecular weight is 650 g/mol. The van der Waals surface area contributed by atoms with E-state index < -0.39 is 24.1 Å². The van der Waals surface area contributed by atoms with Crippen molar-refractivity contribution in [2.45, 2.75) is 75.9 Å². The Balaban J connectivity index is 1.15. The molecular weight excluding hydrogens is 606 g/mol. The van der Waals surface area contributed by atoms with E-state index in [0.717, 1.165) is 44.9 Å². The van der Waals surface area contributed by atoms with Crippen LogP contribution in [-0.2, 0) is 14.4 Å². The molecule has 4 fully saturated rings. The van der Waals surface area contributed by atoms with E-state index in [4.69, 9.17) is 4.74 Å². The van der Waals surface area contributed by atoms with Gasteiger partial charge in [-0.3, -0.25) is 19.2 Å². The van der Waals surface area contributed by atoms with Crippen molar-refractivity contribution >= 4 is 29.7 Å². The van der Waals surface area contributed by atoms with Gasteiger partial charge in [0.05, 0.1) is 5.69 Å². The Bertz CT molecular complexity index is 1460. The quantitative estimate of drug-likeness (QED) is 0.333. The lowest BCUT2D eigenvalue weighted by Gasteiger charge is -2.37. The minimum Gasteiger partial charge on any atom is -0.467 e. The summed E-state index contributed by atoms with van der Waals surface area (Å²) in [6.45, 7) is 1.09. The van der Waals surface area contributed by atoms with Crippen molar-refractivity contribution in [3.05, 3.63) is 42.1 Å². The number of amides is 5. The number of para-hydroxylation sites is 1. The summed E-state index contributed by atoms with van der Waals surface area (Å²) < 4.78 is 7.42. The summed E-state index contributed by atoms with van der Waals surface area (Å²) in [6, 6.07) is 9.41. The third-order valence-corrected chi connectivity index (χ3v) is 9.84. The van der Waals surface area contributed by atoms with Gasteiger partial charge in [0, 0.05) is 44.8 Å². The first-order valence-electron chi connectivity index (χ1n) is 16.7. The normalized spacial score (nSPS) is 20.6. The first kappa shape index (κ1) is 32.3. The first-order valence-corrected chi connectivity index (χ1v) is 16.7. The Hall–Kier alpha value is -4.62. The van der Waals surface area contributed by atoms with Crippen LogP contribution in [0.15, 0.2) is 36.4 Å². The Morgan fingerprint density at radius 1 is 0.894 bits per heavy atom. The summed E-state index contributed by atoms with van der Waals surface area (Å²) in [4.78, 5) is 69.2. The highest BCUT2D eigenvalue weighted by atomic mass is 16.5. The average Bonchev–Trinajstić information content (AvgIpc) is 3.71. The number of hydrogen-bond donors (Lipinski definition) is 3. The van der Waals surface area contributed by atoms with Gasteiger partial charge in [0.2, 0.25) is 17.7 Å². The molecule has 1 aromatic carbocycles. The standard InChI is InChI=1S/C33H43N7O7/c41-28(39-14-6-13-27(39)31(43)34-23-9-5-10-23)21-47-29-20-25(36-40(29)24-11-2-1-3-12-24)30(42)35-26(19-22-7-4-8-22)32(44)37-15-17-38(18-16-37)33(45)46/h1-3,11-12,20,22-23,26-27H,4-10,13-19,21H2,(H,34,43)(H,35,42)(H,45,46)/t26-,27-/m0/s1. The van der Waals surface area contributed by atoms with Crippen molar-refractivity contribution in [2.24, 2.45) is 5.92 Å². The third kappa shape index (κ3) is 7.52. The smallest absolute Gasteiger partial charge is 0.407 e. The lowest BCUT2D eigenvalue weighted by Crippen LogP contribution is -2.56. The molecule has 0 unspecified atom stereocenters. The van der Waals surface area contributed by atoms with E-state index in [1.807, 2.05) is 18.2 Å². The van der Waals surface area contributed by atoms with Gasteiger partial charge in [0.25, 0.3) is 11.8 Å². The van der Waals surface area contributed by atoms with E-state index in [1.54, 1.807) is 21.9 Å². The maximum absolute atomic E-state index is 13.6. The molecule has 0 spiro atoms. The van der Waals surface area contributed by atoms with E-state index in [1.165, 1.54) is 15.6 Å². The zero-order valence-corrected chi connectivity index (χ0v) is 26.5. The second-order valence-electron chi connectivity index (χ2n) is 12.9. The van der Waals surface area contributed by atoms with Crippen LogP contribution in [-0.4, -0.2) is 117 Å². The number of nitrogens with one attached hydrogen (secondary N) is 2. The zero-order chi connectivity index (χ0) is 32.9. The van der Waals surface area contributed by atoms with Gasteiger partial charge >= 0.3 is 6.09 Å². The summed E-state index contributed by atoms with van der Waals surface area (Å²) >= 11 is 0. The van der Waals surface area contributed by atoms with Crippen LogP contribution in [0.25, 0.3) is 5.69 Å². The second-order valence-corrected chi connectivity index (χ2v) is 12.9. The summed E-state index contributed by atoms with van der Waals surface area (Å²) in [7, 11) is 0. The van der Waals surface area contributed by atoms with Gasteiger partial charge in [-0.2, -0.15) is 5.10 Å². The van der Waals surface area contributed by atoms with Gasteiger partial charge in [-0.15, -0.1) is 0 Å². The Morgan fingerprint density at radius 2 is 1.60 bits per heavy atom. The molecule has 6 rings (SSSR count). The molecule has 0 bridgehead atoms. The minimum atomic E-state index is -1.01. The fraction of sp³-hybridized carbons (Fsp3) is 0.576. The lowest BCUT2D eigenvalue weighted by atomic mass is 9.80. The number of piperazine rings is 1. The fourth-order valence-corrected chi connectivity index (χ4v) is 6.59. The highest BCUT2D eigenvalue weighted by Crippen LogP contribution is 2.31. The molecule has 2 aromatic rings. The molecule has 3 N–H and O–H groups in total. The predicted molar refractivity (Wildman–Crippen MR) is 169 cm³/mol. The topological polar surface area (TPSA) is 166 Å². The SMILES string of the molecule is O=C(N[C@@H](CC1CCC1)C(=O)N1CCN(C(=O)O)CC1)c1cc(OCC(=O)N2CCC[C@H]2C(=O)NC2CCC2)n(-c2ccccc2)n1. The van der Waals surface area contributed by atoms with Gasteiger partial charge in [-0.1, -0.05) is 37.5 Å². The van der Waals surface area contributed by atoms with Crippen molar-refractivity contribution in [3.8, 4) is 11.6 Å². The van der Waals surface area contributed by atoms with Gasteiger partial charge in [-0.25, -0.2) is 9.48 Å². The summed E-state index contributed by atoms with van der Waals surface area (Å²) in [6.07, 6.45) is 6.91. The van der Waals surface area contributed by atoms with E-state index in [0.29, 0.717) is 31.0 Å². The minimum absolute atomic E-state index is 0.0253. The molecule has 3 heterocycles. The molecule has 2 aliphatic carbocycles. The molecule has 14 heteroatoms. The van der Waals surface area contributed by atoms with Gasteiger partial charge in [0.1, 0.15) is 12.1 Å². The number of carbonyl (C=O) groups excluding carboxylic acids is 4. The van der Waals surface area contributed by atoms with Crippen LogP contribution in [0.2, 0.25) is 0 Å². The molecule has 2 atom stereocenters. The van der Waals surface area contributed by atoms with Gasteiger partial charge < -0.3 is 35.2 Å². The lowest BCUT2D eigenvalue weighted by molar-refractivity contribution is -0.140. The molecule has 14 nitrogen and oxygen atoms in total. The number of carbonyl (C=O) groups is 5. The maximum Gasteiger partial charge on any atom is 0.407 e. The van der Waals surface area contributed by atoms with Crippen LogP contribution in [0.5, 0.6) is 5.88 Å². The third-order valence-electron chi connectivity index (χ3n) is 9.84. The number of ether oxygens (including phenoxy) is 1. The molecule has 4 aliphatic rings. The summed E-state index contributed by atoms with van der Waals surface area (Å²) in [5, 5.41) is 19.7. The van der Waals surface area contributed by atoms with Crippen molar-refractivity contribution in [1.82, 2.24) is 35.1 Å². The van der Waals surface area contributed by atoms with Crippen LogP contribution in [0, 0.1) is 5.92 Å².